The molecule has 2 saturated heterocycles. The van der Waals surface area contributed by atoms with Gasteiger partial charge in [-0.25, -0.2) is 14.4 Å². The molecule has 348 valence electrons. The number of methoxy groups -OCH3 is 2. The number of fused-ring (bicyclic) bond motifs is 4. The van der Waals surface area contributed by atoms with Gasteiger partial charge in [-0.1, -0.05) is 61.8 Å². The molecule has 14 nitrogen and oxygen atoms in total. The number of carbonyl (C=O) groups is 4. The number of ether oxygens (including phenoxy) is 6. The molecule has 14 heteroatoms. The number of carbonyl (C=O) groups excluding carboxylic acids is 3. The number of esters is 2. The monoisotopic (exact) mass is 888 g/mol. The Morgan fingerprint density at radius 1 is 0.922 bits per heavy atom. The molecule has 4 N–H and O–H groups in total. The molecule has 2 bridgehead atoms. The van der Waals surface area contributed by atoms with E-state index < -0.39 is 106 Å². The molecule has 1 aromatic rings. The first-order valence-corrected chi connectivity index (χ1v) is 22.4. The smallest absolute Gasteiger partial charge is 0.346 e. The Hall–Kier alpha value is -4.76. The van der Waals surface area contributed by atoms with Crippen molar-refractivity contribution in [3.63, 3.8) is 0 Å². The van der Waals surface area contributed by atoms with Crippen molar-refractivity contribution in [3.05, 3.63) is 81.2 Å². The predicted molar refractivity (Wildman–Crippen MR) is 233 cm³/mol. The van der Waals surface area contributed by atoms with Crippen LogP contribution in [0, 0.1) is 47.3 Å². The standard InChI is InChI=1S/C50H64O14/c1-23-13-12-14-24(2)37-27(5)18-31-33(62-47-40(52)39(51)41(29(7)61-47)63-45(57)35-26(4)17-30(59-10)19-34(35)60-11)16-15-25(3)38(31)49(37,9)42(53)36-43(54)50(64-46(36)58)21-28(6)32(44(55)56)22-48(50,8)20-23/h14,17-20,22,25,28-29,31,33,37-41,47,51-53H,12-13,15-16,21H2,1-11H3,(H,55,56)/b23-20+,24-14-,42-36-. The van der Waals surface area contributed by atoms with Crippen molar-refractivity contribution in [2.75, 3.05) is 14.2 Å². The Kier molecular flexibility index (Phi) is 12.7. The quantitative estimate of drug-likeness (QED) is 0.123. The molecule has 0 amide bonds. The summed E-state index contributed by atoms with van der Waals surface area (Å²) < 4.78 is 35.7. The summed E-state index contributed by atoms with van der Waals surface area (Å²) in [7, 11) is 2.91. The van der Waals surface area contributed by atoms with Crippen molar-refractivity contribution < 1.29 is 68.0 Å². The second-order valence-corrected chi connectivity index (χ2v) is 19.6. The number of carboxylic acids is 1. The van der Waals surface area contributed by atoms with E-state index in [0.29, 0.717) is 37.0 Å². The summed E-state index contributed by atoms with van der Waals surface area (Å²) in [5.41, 5.74) is -1.28. The summed E-state index contributed by atoms with van der Waals surface area (Å²) in [4.78, 5) is 55.6. The first-order valence-electron chi connectivity index (χ1n) is 22.4. The highest BCUT2D eigenvalue weighted by Crippen LogP contribution is 2.62. The van der Waals surface area contributed by atoms with Crippen molar-refractivity contribution in [2.24, 2.45) is 40.4 Å². The molecule has 64 heavy (non-hydrogen) atoms. The number of aryl methyl sites for hydroxylation is 1. The van der Waals surface area contributed by atoms with E-state index in [1.54, 1.807) is 45.9 Å². The molecule has 0 aromatic heterocycles. The van der Waals surface area contributed by atoms with E-state index in [1.807, 2.05) is 33.8 Å². The lowest BCUT2D eigenvalue weighted by atomic mass is 9.49. The van der Waals surface area contributed by atoms with Crippen LogP contribution in [0.3, 0.4) is 0 Å². The number of hydrogen-bond acceptors (Lipinski definition) is 13. The molecular formula is C50H64O14. The molecule has 2 aliphatic heterocycles. The van der Waals surface area contributed by atoms with Crippen molar-refractivity contribution >= 4 is 23.7 Å². The normalized spacial score (nSPS) is 41.6. The number of ketones is 1. The maximum Gasteiger partial charge on any atom is 0.346 e. The predicted octanol–water partition coefficient (Wildman–Crippen LogP) is 7.05. The molecule has 7 rings (SSSR count). The van der Waals surface area contributed by atoms with E-state index in [1.165, 1.54) is 14.2 Å². The van der Waals surface area contributed by atoms with Gasteiger partial charge in [-0.3, -0.25) is 4.79 Å². The molecule has 4 aliphatic carbocycles. The van der Waals surface area contributed by atoms with Crippen LogP contribution in [-0.4, -0.2) is 101 Å². The van der Waals surface area contributed by atoms with Gasteiger partial charge in [0.25, 0.3) is 0 Å². The molecule has 1 spiro atoms. The molecule has 14 atom stereocenters. The van der Waals surface area contributed by atoms with Crippen LogP contribution < -0.4 is 9.47 Å². The molecule has 3 fully saturated rings. The fourth-order valence-electron chi connectivity index (χ4n) is 12.4. The van der Waals surface area contributed by atoms with E-state index in [9.17, 15) is 34.8 Å². The van der Waals surface area contributed by atoms with Crippen LogP contribution in [0.15, 0.2) is 70.1 Å². The first kappa shape index (κ1) is 47.2. The van der Waals surface area contributed by atoms with E-state index in [-0.39, 0.29) is 35.0 Å². The second kappa shape index (κ2) is 17.2. The van der Waals surface area contributed by atoms with Crippen LogP contribution in [0.5, 0.6) is 11.5 Å². The topological polar surface area (TPSA) is 205 Å². The highest BCUT2D eigenvalue weighted by atomic mass is 16.7. The zero-order valence-electron chi connectivity index (χ0n) is 38.7. The van der Waals surface area contributed by atoms with E-state index in [0.717, 1.165) is 16.7 Å². The first-order chi connectivity index (χ1) is 30.0. The van der Waals surface area contributed by atoms with Crippen LogP contribution in [0.4, 0.5) is 0 Å². The molecule has 1 aromatic carbocycles. The van der Waals surface area contributed by atoms with Gasteiger partial charge in [-0.05, 0) is 96.6 Å². The van der Waals surface area contributed by atoms with Crippen molar-refractivity contribution in [2.45, 2.75) is 137 Å². The number of benzene rings is 1. The Balaban J connectivity index is 1.24. The molecule has 1 saturated carbocycles. The average molecular weight is 889 g/mol. The average Bonchev–Trinajstić information content (AvgIpc) is 3.47. The van der Waals surface area contributed by atoms with Crippen molar-refractivity contribution in [1.82, 2.24) is 0 Å². The van der Waals surface area contributed by atoms with Crippen molar-refractivity contribution in [1.29, 1.82) is 0 Å². The molecule has 6 aliphatic rings. The number of aliphatic hydroxyl groups is 3. The number of allylic oxidation sites excluding steroid dienone is 5. The van der Waals surface area contributed by atoms with Crippen LogP contribution in [0.2, 0.25) is 0 Å². The number of aliphatic hydroxyl groups excluding tert-OH is 3. The third-order valence-electron chi connectivity index (χ3n) is 15.3. The maximum atomic E-state index is 15.2. The zero-order chi connectivity index (χ0) is 47.0. The number of aliphatic carboxylic acids is 1. The molecule has 2 heterocycles. The fraction of sp³-hybridized carbons (Fsp3) is 0.600. The summed E-state index contributed by atoms with van der Waals surface area (Å²) in [5, 5.41) is 46.2. The third kappa shape index (κ3) is 7.51. The molecular weight excluding hydrogens is 825 g/mol. The van der Waals surface area contributed by atoms with E-state index in [2.05, 4.69) is 19.1 Å². The van der Waals surface area contributed by atoms with Gasteiger partial charge in [0.05, 0.1) is 31.8 Å². The summed E-state index contributed by atoms with van der Waals surface area (Å²) in [6, 6.07) is 3.21. The number of carboxylic acid groups (broad SMARTS) is 1. The van der Waals surface area contributed by atoms with E-state index >= 15 is 4.79 Å². The summed E-state index contributed by atoms with van der Waals surface area (Å²) in [6.45, 7) is 16.6. The highest BCUT2D eigenvalue weighted by molar-refractivity contribution is 6.26. The van der Waals surface area contributed by atoms with Gasteiger partial charge >= 0.3 is 17.9 Å². The van der Waals surface area contributed by atoms with Crippen LogP contribution in [-0.2, 0) is 33.3 Å². The third-order valence-corrected chi connectivity index (χ3v) is 15.3. The zero-order valence-corrected chi connectivity index (χ0v) is 38.7. The maximum absolute atomic E-state index is 15.2. The van der Waals surface area contributed by atoms with Gasteiger partial charge in [0, 0.05) is 35.3 Å². The second-order valence-electron chi connectivity index (χ2n) is 19.6. The summed E-state index contributed by atoms with van der Waals surface area (Å²) >= 11 is 0. The fourth-order valence-corrected chi connectivity index (χ4v) is 12.4. The Labute approximate surface area is 375 Å². The van der Waals surface area contributed by atoms with Crippen LogP contribution in [0.1, 0.15) is 103 Å². The lowest BCUT2D eigenvalue weighted by Crippen LogP contribution is -2.60. The number of Topliss-reactive ketones (excluding diaryl/α,β-unsaturated/α-hetero) is 1. The minimum atomic E-state index is -1.80. The Morgan fingerprint density at radius 3 is 2.28 bits per heavy atom. The Bertz CT molecular complexity index is 2270. The molecule has 14 unspecified atom stereocenters. The van der Waals surface area contributed by atoms with Gasteiger partial charge in [-0.15, -0.1) is 0 Å². The van der Waals surface area contributed by atoms with Gasteiger partial charge in [-0.2, -0.15) is 0 Å². The lowest BCUT2D eigenvalue weighted by molar-refractivity contribution is -0.311. The highest BCUT2D eigenvalue weighted by Gasteiger charge is 2.67. The van der Waals surface area contributed by atoms with Gasteiger partial charge in [0.15, 0.2) is 18.0 Å². The van der Waals surface area contributed by atoms with Crippen molar-refractivity contribution in [3.8, 4) is 11.5 Å². The van der Waals surface area contributed by atoms with Gasteiger partial charge in [0.2, 0.25) is 5.78 Å². The van der Waals surface area contributed by atoms with Gasteiger partial charge < -0.3 is 48.8 Å². The van der Waals surface area contributed by atoms with Crippen LogP contribution >= 0.6 is 0 Å². The van der Waals surface area contributed by atoms with Gasteiger partial charge in [0.1, 0.15) is 40.6 Å². The summed E-state index contributed by atoms with van der Waals surface area (Å²) in [6.07, 6.45) is 2.58. The largest absolute Gasteiger partial charge is 0.511 e. The number of hydrogen-bond donors (Lipinski definition) is 4. The molecule has 0 radical (unpaired) electrons. The SMILES string of the molecule is COc1cc(C)c(C(=O)OC2C(C)OC(OC3CCC(C)C4C3C=C(C)C3/C(C)=C\CC/C(C)=C/C5(C)C=C(C(=O)O)C(C)CC56OC(=O)/C(=C(\O)C34C)C6=O)C(O)C2O)c(OC)c1. The van der Waals surface area contributed by atoms with Crippen LogP contribution in [0.25, 0.3) is 0 Å². The summed E-state index contributed by atoms with van der Waals surface area (Å²) in [5.74, 6) is -5.18. The minimum absolute atomic E-state index is 0.0664. The lowest BCUT2D eigenvalue weighted by Gasteiger charge is -2.56. The minimum Gasteiger partial charge on any atom is -0.511 e. The Morgan fingerprint density at radius 2 is 1.62 bits per heavy atom. The van der Waals surface area contributed by atoms with E-state index in [4.69, 9.17) is 28.4 Å². The number of rotatable bonds is 7.